The fraction of sp³-hybridized carbons (Fsp3) is 0.267. The molecule has 2 nitrogen and oxygen atoms in total. The molecule has 1 N–H and O–H groups in total. The van der Waals surface area contributed by atoms with Gasteiger partial charge in [-0.25, -0.2) is 0 Å². The zero-order valence-corrected chi connectivity index (χ0v) is 13.3. The fourth-order valence-electron chi connectivity index (χ4n) is 2.11. The maximum Gasteiger partial charge on any atom is 0.0609 e. The van der Waals surface area contributed by atoms with Crippen molar-refractivity contribution in [3.63, 3.8) is 0 Å². The standard InChI is InChI=1S/C15H16BrClN2/c1-3-19-15(12-9-18-8-7-10(12)2)11-5-4-6-13(16)14(11)17/h4-9,15,19H,3H2,1-2H3. The molecule has 0 aliphatic carbocycles. The number of hydrogen-bond acceptors (Lipinski definition) is 2. The summed E-state index contributed by atoms with van der Waals surface area (Å²) in [6, 6.07) is 8.08. The summed E-state index contributed by atoms with van der Waals surface area (Å²) in [5.41, 5.74) is 3.43. The molecule has 1 aromatic carbocycles. The van der Waals surface area contributed by atoms with Gasteiger partial charge in [-0.1, -0.05) is 30.7 Å². The number of rotatable bonds is 4. The Bertz CT molecular complexity index is 572. The molecule has 1 unspecified atom stereocenters. The Morgan fingerprint density at radius 3 is 2.79 bits per heavy atom. The first-order valence-corrected chi connectivity index (χ1v) is 7.40. The highest BCUT2D eigenvalue weighted by Crippen LogP contribution is 2.34. The van der Waals surface area contributed by atoms with E-state index in [2.05, 4.69) is 40.1 Å². The SMILES string of the molecule is CCNC(c1cnccc1C)c1cccc(Br)c1Cl. The molecule has 0 fully saturated rings. The van der Waals surface area contributed by atoms with Crippen molar-refractivity contribution in [2.45, 2.75) is 19.9 Å². The molecule has 0 saturated heterocycles. The molecule has 19 heavy (non-hydrogen) atoms. The Hall–Kier alpha value is -0.900. The number of nitrogens with zero attached hydrogens (tertiary/aromatic N) is 1. The molecule has 2 aromatic rings. The van der Waals surface area contributed by atoms with Crippen LogP contribution in [-0.4, -0.2) is 11.5 Å². The molecule has 1 heterocycles. The van der Waals surface area contributed by atoms with Crippen molar-refractivity contribution < 1.29 is 0 Å². The van der Waals surface area contributed by atoms with Crippen LogP contribution in [0.3, 0.4) is 0 Å². The Labute approximate surface area is 127 Å². The molecular weight excluding hydrogens is 324 g/mol. The summed E-state index contributed by atoms with van der Waals surface area (Å²) in [5, 5.41) is 4.23. The Balaban J connectivity index is 2.52. The van der Waals surface area contributed by atoms with Crippen molar-refractivity contribution in [2.24, 2.45) is 0 Å². The van der Waals surface area contributed by atoms with Crippen LogP contribution in [0.1, 0.15) is 29.7 Å². The number of aryl methyl sites for hydroxylation is 1. The fourth-order valence-corrected chi connectivity index (χ4v) is 2.73. The average molecular weight is 340 g/mol. The lowest BCUT2D eigenvalue weighted by atomic mass is 9.96. The predicted octanol–water partition coefficient (Wildman–Crippen LogP) is 4.50. The van der Waals surface area contributed by atoms with Gasteiger partial charge in [0.15, 0.2) is 0 Å². The summed E-state index contributed by atoms with van der Waals surface area (Å²) in [6.07, 6.45) is 3.71. The van der Waals surface area contributed by atoms with E-state index in [1.165, 1.54) is 5.56 Å². The molecule has 0 bridgehead atoms. The van der Waals surface area contributed by atoms with Gasteiger partial charge in [-0.2, -0.15) is 0 Å². The minimum atomic E-state index is 0.0590. The first-order valence-electron chi connectivity index (χ1n) is 6.23. The van der Waals surface area contributed by atoms with Crippen molar-refractivity contribution >= 4 is 27.5 Å². The quantitative estimate of drug-likeness (QED) is 0.887. The van der Waals surface area contributed by atoms with Crippen LogP contribution in [-0.2, 0) is 0 Å². The molecule has 0 aliphatic heterocycles. The zero-order valence-electron chi connectivity index (χ0n) is 11.0. The van der Waals surface area contributed by atoms with E-state index in [0.717, 1.165) is 27.2 Å². The minimum Gasteiger partial charge on any atom is -0.306 e. The number of nitrogens with one attached hydrogen (secondary N) is 1. The van der Waals surface area contributed by atoms with E-state index < -0.39 is 0 Å². The third kappa shape index (κ3) is 3.16. The van der Waals surface area contributed by atoms with E-state index in [4.69, 9.17) is 11.6 Å². The van der Waals surface area contributed by atoms with Crippen LogP contribution in [0.4, 0.5) is 0 Å². The largest absolute Gasteiger partial charge is 0.306 e. The molecule has 0 saturated carbocycles. The summed E-state index contributed by atoms with van der Waals surface area (Å²) in [5.74, 6) is 0. The van der Waals surface area contributed by atoms with E-state index in [1.807, 2.05) is 36.7 Å². The van der Waals surface area contributed by atoms with Crippen molar-refractivity contribution in [2.75, 3.05) is 6.54 Å². The molecule has 0 radical (unpaired) electrons. The number of benzene rings is 1. The van der Waals surface area contributed by atoms with Gasteiger partial charge in [0, 0.05) is 16.9 Å². The summed E-state index contributed by atoms with van der Waals surface area (Å²) in [6.45, 7) is 5.04. The Morgan fingerprint density at radius 1 is 1.32 bits per heavy atom. The topological polar surface area (TPSA) is 24.9 Å². The van der Waals surface area contributed by atoms with Crippen LogP contribution in [0, 0.1) is 6.92 Å². The van der Waals surface area contributed by atoms with Crippen LogP contribution >= 0.6 is 27.5 Å². The highest BCUT2D eigenvalue weighted by Gasteiger charge is 2.19. The lowest BCUT2D eigenvalue weighted by Crippen LogP contribution is -2.23. The molecule has 1 atom stereocenters. The monoisotopic (exact) mass is 338 g/mol. The van der Waals surface area contributed by atoms with Crippen molar-refractivity contribution in [3.05, 3.63) is 62.8 Å². The van der Waals surface area contributed by atoms with Crippen LogP contribution < -0.4 is 5.32 Å². The summed E-state index contributed by atoms with van der Waals surface area (Å²) in [7, 11) is 0. The molecular formula is C15H16BrClN2. The minimum absolute atomic E-state index is 0.0590. The second kappa shape index (κ2) is 6.51. The second-order valence-corrected chi connectivity index (χ2v) is 5.60. The molecule has 2 rings (SSSR count). The summed E-state index contributed by atoms with van der Waals surface area (Å²) in [4.78, 5) is 4.23. The lowest BCUT2D eigenvalue weighted by molar-refractivity contribution is 0.625. The van der Waals surface area contributed by atoms with E-state index in [-0.39, 0.29) is 6.04 Å². The number of hydrogen-bond donors (Lipinski definition) is 1. The van der Waals surface area contributed by atoms with Crippen molar-refractivity contribution in [1.82, 2.24) is 10.3 Å². The molecule has 1 aromatic heterocycles. The summed E-state index contributed by atoms with van der Waals surface area (Å²) < 4.78 is 0.913. The van der Waals surface area contributed by atoms with Crippen LogP contribution in [0.2, 0.25) is 5.02 Å². The smallest absolute Gasteiger partial charge is 0.0609 e. The van der Waals surface area contributed by atoms with Gasteiger partial charge in [0.1, 0.15) is 0 Å². The lowest BCUT2D eigenvalue weighted by Gasteiger charge is -2.22. The summed E-state index contributed by atoms with van der Waals surface area (Å²) >= 11 is 9.90. The molecule has 0 spiro atoms. The van der Waals surface area contributed by atoms with Gasteiger partial charge in [0.2, 0.25) is 0 Å². The van der Waals surface area contributed by atoms with Crippen molar-refractivity contribution in [3.8, 4) is 0 Å². The number of aromatic nitrogens is 1. The van der Waals surface area contributed by atoms with Gasteiger partial charge in [0.25, 0.3) is 0 Å². The second-order valence-electron chi connectivity index (χ2n) is 4.37. The highest BCUT2D eigenvalue weighted by molar-refractivity contribution is 9.10. The van der Waals surface area contributed by atoms with Gasteiger partial charge >= 0.3 is 0 Å². The third-order valence-electron chi connectivity index (χ3n) is 3.09. The van der Waals surface area contributed by atoms with Crippen LogP contribution in [0.5, 0.6) is 0 Å². The molecule has 0 amide bonds. The molecule has 0 aliphatic rings. The van der Waals surface area contributed by atoms with Gasteiger partial charge < -0.3 is 5.32 Å². The van der Waals surface area contributed by atoms with Crippen molar-refractivity contribution in [1.29, 1.82) is 0 Å². The van der Waals surface area contributed by atoms with Crippen LogP contribution in [0.15, 0.2) is 41.1 Å². The number of pyridine rings is 1. The Kier molecular flexibility index (Phi) is 4.97. The predicted molar refractivity (Wildman–Crippen MR) is 83.6 cm³/mol. The number of halogens is 2. The van der Waals surface area contributed by atoms with E-state index in [9.17, 15) is 0 Å². The first-order chi connectivity index (χ1) is 9.15. The zero-order chi connectivity index (χ0) is 13.8. The van der Waals surface area contributed by atoms with Gasteiger partial charge in [-0.3, -0.25) is 4.98 Å². The molecule has 4 heteroatoms. The van der Waals surface area contributed by atoms with Crippen LogP contribution in [0.25, 0.3) is 0 Å². The van der Waals surface area contributed by atoms with E-state index in [1.54, 1.807) is 0 Å². The maximum absolute atomic E-state index is 6.42. The Morgan fingerprint density at radius 2 is 2.11 bits per heavy atom. The van der Waals surface area contributed by atoms with Gasteiger partial charge in [-0.05, 0) is 58.2 Å². The first kappa shape index (κ1) is 14.5. The third-order valence-corrected chi connectivity index (χ3v) is 4.40. The van der Waals surface area contributed by atoms with E-state index >= 15 is 0 Å². The average Bonchev–Trinajstić information content (AvgIpc) is 2.41. The maximum atomic E-state index is 6.42. The molecule has 100 valence electrons. The highest BCUT2D eigenvalue weighted by atomic mass is 79.9. The normalized spacial score (nSPS) is 12.4. The van der Waals surface area contributed by atoms with E-state index in [0.29, 0.717) is 0 Å². The van der Waals surface area contributed by atoms with Gasteiger partial charge in [-0.15, -0.1) is 0 Å². The van der Waals surface area contributed by atoms with Gasteiger partial charge in [0.05, 0.1) is 11.1 Å².